The maximum Gasteiger partial charge on any atom is 1.00 e. The summed E-state index contributed by atoms with van der Waals surface area (Å²) in [5, 5.41) is 52.5. The third-order valence-corrected chi connectivity index (χ3v) is 10.1. The summed E-state index contributed by atoms with van der Waals surface area (Å²) in [6.07, 6.45) is 0. The van der Waals surface area contributed by atoms with Crippen LogP contribution >= 0.6 is 36.0 Å². The van der Waals surface area contributed by atoms with Gasteiger partial charge >= 0.3 is 88.7 Å². The molecule has 0 saturated heterocycles. The van der Waals surface area contributed by atoms with Crippen molar-refractivity contribution in [3.05, 3.63) is 78.1 Å². The van der Waals surface area contributed by atoms with Crippen molar-refractivity contribution in [3.63, 3.8) is 0 Å². The molecule has 5 rings (SSSR count). The zero-order chi connectivity index (χ0) is 37.3. The van der Waals surface area contributed by atoms with E-state index in [4.69, 9.17) is 15.8 Å². The van der Waals surface area contributed by atoms with Gasteiger partial charge in [-0.1, -0.05) is 12.1 Å². The zero-order valence-electron chi connectivity index (χ0n) is 28.4. The number of halogens is 1. The summed E-state index contributed by atoms with van der Waals surface area (Å²) < 4.78 is 72.4. The number of rotatable bonds is 17. The molecule has 0 unspecified atom stereocenters. The molecule has 0 bridgehead atoms. The molecule has 28 heteroatoms. The second kappa shape index (κ2) is 23.3. The predicted molar refractivity (Wildman–Crippen MR) is 178 cm³/mol. The quantitative estimate of drug-likeness (QED) is 0.0150. The molecule has 0 amide bonds. The van der Waals surface area contributed by atoms with E-state index in [-0.39, 0.29) is 157 Å². The minimum Gasteiger partial charge on any atom is -0.744 e. The maximum atomic E-state index is 12.5. The number of fused-ring (bicyclic) bond motifs is 1. The topological polar surface area (TPSA) is 291 Å². The molecule has 4 aromatic carbocycles. The van der Waals surface area contributed by atoms with Gasteiger partial charge in [0.1, 0.15) is 15.8 Å². The molecular formula is C27H19ClN7Na3O13S4. The number of aromatic hydroxyl groups is 1. The van der Waals surface area contributed by atoms with E-state index < -0.39 is 36.4 Å². The number of benzene rings is 4. The average molecular weight is 882 g/mol. The maximum absolute atomic E-state index is 12.5. The molecular weight excluding hydrogens is 863 g/mol. The van der Waals surface area contributed by atoms with Crippen molar-refractivity contribution < 1.29 is 149 Å². The Morgan fingerprint density at radius 1 is 0.800 bits per heavy atom. The molecule has 1 heterocycles. The van der Waals surface area contributed by atoms with Crippen molar-refractivity contribution >= 4 is 101 Å². The van der Waals surface area contributed by atoms with Crippen LogP contribution in [0.2, 0.25) is 5.28 Å². The number of nitrogens with one attached hydrogen (secondary N) is 2. The Morgan fingerprint density at radius 3 is 2.09 bits per heavy atom. The molecule has 0 aliphatic heterocycles. The van der Waals surface area contributed by atoms with E-state index in [9.17, 15) is 37.0 Å². The average Bonchev–Trinajstić information content (AvgIpc) is 3.10. The number of anilines is 4. The minimum absolute atomic E-state index is 0. The Hall–Kier alpha value is -1.28. The number of sulfone groups is 1. The first kappa shape index (κ1) is 49.9. The third kappa shape index (κ3) is 14.5. The van der Waals surface area contributed by atoms with Gasteiger partial charge in [0.25, 0.3) is 0 Å². The second-order valence-electron chi connectivity index (χ2n) is 9.75. The predicted octanol–water partition coefficient (Wildman–Crippen LogP) is -4.99. The van der Waals surface area contributed by atoms with Crippen molar-refractivity contribution in [1.82, 2.24) is 15.0 Å². The normalized spacial score (nSPS) is 11.4. The molecule has 0 saturated carbocycles. The summed E-state index contributed by atoms with van der Waals surface area (Å²) in [4.78, 5) is 11.8. The summed E-state index contributed by atoms with van der Waals surface area (Å²) in [6, 6.07) is 16.6. The van der Waals surface area contributed by atoms with Crippen LogP contribution in [0.25, 0.3) is 10.8 Å². The van der Waals surface area contributed by atoms with Crippen LogP contribution in [0.5, 0.6) is 5.75 Å². The molecule has 0 radical (unpaired) electrons. The SMILES string of the molecule is O=S(=O)([O-])c1cccc(Nc2nc(Cl)nc(Nc3ccc4cc(SOO[O-])c(N=Nc5ccc(S(=O)(=O)CCOSOO[O-])cc5)c(O)c4c3)n2)c1.[Na+].[Na+].[Na+]. The molecule has 0 aliphatic carbocycles. The third-order valence-electron chi connectivity index (χ3n) is 6.45. The Kier molecular flexibility index (Phi) is 21.2. The van der Waals surface area contributed by atoms with Gasteiger partial charge in [0, 0.05) is 16.8 Å². The van der Waals surface area contributed by atoms with E-state index >= 15 is 0 Å². The van der Waals surface area contributed by atoms with Crippen molar-refractivity contribution in [3.8, 4) is 5.75 Å². The first-order chi connectivity index (χ1) is 24.9. The van der Waals surface area contributed by atoms with Crippen LogP contribution in [0.3, 0.4) is 0 Å². The van der Waals surface area contributed by atoms with Gasteiger partial charge in [-0.2, -0.15) is 24.4 Å². The van der Waals surface area contributed by atoms with Crippen LogP contribution in [-0.2, 0) is 42.9 Å². The smallest absolute Gasteiger partial charge is 0.744 e. The summed E-state index contributed by atoms with van der Waals surface area (Å²) in [5.41, 5.74) is 0.588. The molecule has 274 valence electrons. The summed E-state index contributed by atoms with van der Waals surface area (Å²) >= 11 is 6.72. The first-order valence-corrected chi connectivity index (χ1v) is 18.6. The van der Waals surface area contributed by atoms with Gasteiger partial charge in [0.2, 0.25) is 17.2 Å². The second-order valence-corrected chi connectivity index (χ2v) is 14.8. The van der Waals surface area contributed by atoms with E-state index in [1.54, 1.807) is 12.1 Å². The van der Waals surface area contributed by atoms with E-state index in [2.05, 4.69) is 54.6 Å². The molecule has 0 fully saturated rings. The molecule has 20 nitrogen and oxygen atoms in total. The van der Waals surface area contributed by atoms with E-state index in [0.29, 0.717) is 23.1 Å². The molecule has 55 heavy (non-hydrogen) atoms. The minimum atomic E-state index is -4.72. The van der Waals surface area contributed by atoms with E-state index in [0.717, 1.165) is 12.1 Å². The molecule has 1 aromatic heterocycles. The van der Waals surface area contributed by atoms with E-state index in [1.165, 1.54) is 48.5 Å². The van der Waals surface area contributed by atoms with Gasteiger partial charge in [-0.15, -0.1) is 9.45 Å². The van der Waals surface area contributed by atoms with Gasteiger partial charge in [-0.25, -0.2) is 16.8 Å². The van der Waals surface area contributed by atoms with Crippen LogP contribution in [0.15, 0.2) is 97.7 Å². The number of phenolic OH excluding ortho intramolecular Hbond substituents is 1. The van der Waals surface area contributed by atoms with Crippen LogP contribution in [0, 0.1) is 0 Å². The van der Waals surface area contributed by atoms with Crippen molar-refractivity contribution in [2.75, 3.05) is 23.0 Å². The van der Waals surface area contributed by atoms with Gasteiger partial charge in [-0.3, -0.25) is 14.3 Å². The largest absolute Gasteiger partial charge is 1.00 e. The number of phenols is 1. The fourth-order valence-electron chi connectivity index (χ4n) is 4.23. The summed E-state index contributed by atoms with van der Waals surface area (Å²) in [5.74, 6) is -0.970. The van der Waals surface area contributed by atoms with Crippen molar-refractivity contribution in [2.45, 2.75) is 14.7 Å². The molecule has 0 spiro atoms. The molecule has 3 N–H and O–H groups in total. The fraction of sp³-hybridized carbons (Fsp3) is 0.0741. The number of hydrogen-bond acceptors (Lipinski definition) is 22. The molecule has 0 aliphatic rings. The number of aromatic nitrogens is 3. The Bertz CT molecular complexity index is 2320. The van der Waals surface area contributed by atoms with Crippen molar-refractivity contribution in [1.29, 1.82) is 0 Å². The van der Waals surface area contributed by atoms with Crippen LogP contribution in [0.4, 0.5) is 34.6 Å². The Labute approximate surface area is 392 Å². The zero-order valence-corrected chi connectivity index (χ0v) is 38.5. The standard InChI is InChI=1S/C27H22ClN7O13S4.3Na/c28-25-31-26(29-17-2-1-3-20(13-17)52(41,42)43)33-27(32-25)30-18-5-4-15-12-22(49-47-45-37)23(24(36)21(15)14-18)35-34-16-6-8-19(9-7-16)51(39,40)11-10-44-50-48-46-38;;;/h1-9,12-14,36-38H,10-11H2,(H,41,42,43)(H2,29,30,31,32,33);;;/q;3*+1/p-3. The van der Waals surface area contributed by atoms with Gasteiger partial charge in [0.05, 0.1) is 44.8 Å². The Morgan fingerprint density at radius 2 is 1.45 bits per heavy atom. The summed E-state index contributed by atoms with van der Waals surface area (Å²) in [6.45, 7) is -0.303. The van der Waals surface area contributed by atoms with Gasteiger partial charge in [0.15, 0.2) is 27.9 Å². The number of hydrogen-bond donors (Lipinski definition) is 3. The Balaban J connectivity index is 0.00000348. The van der Waals surface area contributed by atoms with Crippen LogP contribution in [0.1, 0.15) is 0 Å². The summed E-state index contributed by atoms with van der Waals surface area (Å²) in [7, 11) is -8.50. The van der Waals surface area contributed by atoms with Crippen LogP contribution < -0.4 is 110 Å². The molecule has 0 atom stereocenters. The van der Waals surface area contributed by atoms with E-state index in [1.807, 2.05) is 0 Å². The number of nitrogens with zero attached hydrogens (tertiary/aromatic N) is 5. The van der Waals surface area contributed by atoms with Crippen molar-refractivity contribution in [2.24, 2.45) is 10.2 Å². The molecule has 5 aromatic rings. The van der Waals surface area contributed by atoms with Crippen LogP contribution in [-0.4, -0.2) is 53.8 Å². The fourth-order valence-corrected chi connectivity index (χ4v) is 6.81. The monoisotopic (exact) mass is 881 g/mol. The number of azo groups is 1. The van der Waals surface area contributed by atoms with Gasteiger partial charge < -0.3 is 30.8 Å². The van der Waals surface area contributed by atoms with Gasteiger partial charge in [-0.05, 0) is 77.7 Å². The first-order valence-electron chi connectivity index (χ1n) is 13.8.